The van der Waals surface area contributed by atoms with E-state index >= 15 is 0 Å². The normalized spacial score (nSPS) is 10.9. The predicted molar refractivity (Wildman–Crippen MR) is 57.4 cm³/mol. The van der Waals surface area contributed by atoms with Crippen LogP contribution in [0.4, 0.5) is 5.95 Å². The van der Waals surface area contributed by atoms with E-state index < -0.39 is 0 Å². The van der Waals surface area contributed by atoms with Crippen molar-refractivity contribution in [1.82, 2.24) is 9.97 Å². The summed E-state index contributed by atoms with van der Waals surface area (Å²) < 4.78 is 1.81. The van der Waals surface area contributed by atoms with Crippen LogP contribution < -0.4 is 15.9 Å². The van der Waals surface area contributed by atoms with Crippen LogP contribution in [0.15, 0.2) is 11.0 Å². The fraction of sp³-hybridized carbons (Fsp3) is 0.300. The molecule has 0 aromatic carbocycles. The molecule has 2 heterocycles. The van der Waals surface area contributed by atoms with Gasteiger partial charge in [0, 0.05) is 0 Å². The number of nitrogen functional groups attached to an aromatic ring is 1. The lowest BCUT2D eigenvalue weighted by Crippen LogP contribution is -2.33. The number of hydrogen-bond acceptors (Lipinski definition) is 3. The quantitative estimate of drug-likeness (QED) is 0.592. The Bertz CT molecular complexity index is 600. The molecular weight excluding hydrogens is 192 g/mol. The third-order valence-corrected chi connectivity index (χ3v) is 2.61. The summed E-state index contributed by atoms with van der Waals surface area (Å²) in [6.07, 6.45) is 1.93. The Morgan fingerprint density at radius 3 is 2.80 bits per heavy atom. The molecule has 0 fully saturated rings. The second-order valence-corrected chi connectivity index (χ2v) is 3.70. The number of nitrogens with one attached hydrogen (secondary N) is 1. The molecule has 15 heavy (non-hydrogen) atoms. The maximum Gasteiger partial charge on any atom is 0.340 e. The van der Waals surface area contributed by atoms with E-state index in [4.69, 9.17) is 5.73 Å². The van der Waals surface area contributed by atoms with Gasteiger partial charge in [0.2, 0.25) is 0 Å². The average molecular weight is 205 g/mol. The van der Waals surface area contributed by atoms with Gasteiger partial charge in [0.1, 0.15) is 5.39 Å². The summed E-state index contributed by atoms with van der Waals surface area (Å²) in [5.41, 5.74) is 7.93. The molecular formula is C10H13N4O+. The molecule has 3 N–H and O–H groups in total. The fourth-order valence-corrected chi connectivity index (χ4v) is 1.72. The highest BCUT2D eigenvalue weighted by Crippen LogP contribution is 2.12. The van der Waals surface area contributed by atoms with Gasteiger partial charge in [-0.05, 0) is 30.0 Å². The molecule has 0 radical (unpaired) electrons. The zero-order chi connectivity index (χ0) is 11.2. The summed E-state index contributed by atoms with van der Waals surface area (Å²) in [6, 6.07) is 0. The van der Waals surface area contributed by atoms with Crippen LogP contribution >= 0.6 is 0 Å². The Hall–Kier alpha value is -1.91. The van der Waals surface area contributed by atoms with Gasteiger partial charge in [-0.25, -0.2) is 4.57 Å². The van der Waals surface area contributed by atoms with Crippen LogP contribution in [0.5, 0.6) is 0 Å². The van der Waals surface area contributed by atoms with Crippen molar-refractivity contribution < 1.29 is 4.57 Å². The van der Waals surface area contributed by atoms with Gasteiger partial charge in [-0.3, -0.25) is 9.78 Å². The number of nitrogens with zero attached hydrogens (tertiary/aromatic N) is 2. The minimum absolute atomic E-state index is 0.145. The van der Waals surface area contributed by atoms with Crippen LogP contribution in [-0.2, 0) is 7.05 Å². The number of anilines is 1. The summed E-state index contributed by atoms with van der Waals surface area (Å²) in [5, 5.41) is 0.603. The van der Waals surface area contributed by atoms with Crippen LogP contribution in [0.25, 0.3) is 11.0 Å². The lowest BCUT2D eigenvalue weighted by molar-refractivity contribution is -0.647. The minimum atomic E-state index is -0.186. The topological polar surface area (TPSA) is 75.7 Å². The van der Waals surface area contributed by atoms with Crippen LogP contribution in [0, 0.1) is 13.8 Å². The summed E-state index contributed by atoms with van der Waals surface area (Å²) in [5.74, 6) is 0.145. The van der Waals surface area contributed by atoms with Crippen molar-refractivity contribution in [2.45, 2.75) is 13.8 Å². The monoisotopic (exact) mass is 205 g/mol. The van der Waals surface area contributed by atoms with E-state index in [0.717, 1.165) is 11.1 Å². The first-order valence-corrected chi connectivity index (χ1v) is 4.66. The first-order valence-electron chi connectivity index (χ1n) is 4.66. The Balaban J connectivity index is 3.10. The molecule has 0 aliphatic carbocycles. The molecule has 2 aromatic rings. The SMILES string of the molecule is Cc1c[n+](C)c2nc(N)[nH]c(=O)c2c1C. The Morgan fingerprint density at radius 2 is 2.13 bits per heavy atom. The highest BCUT2D eigenvalue weighted by Gasteiger charge is 2.16. The van der Waals surface area contributed by atoms with Gasteiger partial charge in [-0.15, -0.1) is 0 Å². The third-order valence-electron chi connectivity index (χ3n) is 2.61. The first kappa shape index (κ1) is 9.64. The number of fused-ring (bicyclic) bond motifs is 1. The molecule has 0 spiro atoms. The molecule has 0 saturated carbocycles. The van der Waals surface area contributed by atoms with Crippen molar-refractivity contribution in [3.63, 3.8) is 0 Å². The van der Waals surface area contributed by atoms with E-state index in [1.165, 1.54) is 0 Å². The van der Waals surface area contributed by atoms with Gasteiger partial charge in [0.15, 0.2) is 0 Å². The van der Waals surface area contributed by atoms with Crippen molar-refractivity contribution in [1.29, 1.82) is 0 Å². The number of nitrogens with two attached hydrogens (primary N) is 1. The summed E-state index contributed by atoms with van der Waals surface area (Å²) in [7, 11) is 1.85. The van der Waals surface area contributed by atoms with E-state index in [2.05, 4.69) is 9.97 Å². The zero-order valence-electron chi connectivity index (χ0n) is 8.96. The van der Waals surface area contributed by atoms with Crippen molar-refractivity contribution in [2.75, 3.05) is 5.73 Å². The minimum Gasteiger partial charge on any atom is -0.348 e. The second-order valence-electron chi connectivity index (χ2n) is 3.70. The van der Waals surface area contributed by atoms with Crippen molar-refractivity contribution >= 4 is 17.0 Å². The van der Waals surface area contributed by atoms with Crippen LogP contribution in [0.1, 0.15) is 11.1 Å². The molecule has 5 heteroatoms. The highest BCUT2D eigenvalue weighted by molar-refractivity contribution is 5.76. The largest absolute Gasteiger partial charge is 0.348 e. The third kappa shape index (κ3) is 1.36. The molecule has 78 valence electrons. The van der Waals surface area contributed by atoms with E-state index in [1.54, 1.807) is 0 Å². The maximum atomic E-state index is 11.7. The molecule has 2 rings (SSSR count). The maximum absolute atomic E-state index is 11.7. The molecule has 0 aliphatic rings. The standard InChI is InChI=1S/C10H12N4O/c1-5-4-14(3)8-7(6(5)2)9(15)13-10(11)12-8/h4H,1-3H3,(H2,11,13,15)/p+1. The first-order chi connectivity index (χ1) is 7.00. The van der Waals surface area contributed by atoms with Gasteiger partial charge >= 0.3 is 11.6 Å². The summed E-state index contributed by atoms with van der Waals surface area (Å²) in [6.45, 7) is 3.87. The number of hydrogen-bond donors (Lipinski definition) is 2. The van der Waals surface area contributed by atoms with E-state index in [-0.39, 0.29) is 11.5 Å². The Kier molecular flexibility index (Phi) is 1.96. The Morgan fingerprint density at radius 1 is 1.47 bits per heavy atom. The fourth-order valence-electron chi connectivity index (χ4n) is 1.72. The smallest absolute Gasteiger partial charge is 0.340 e. The summed E-state index contributed by atoms with van der Waals surface area (Å²) in [4.78, 5) is 18.4. The number of rotatable bonds is 0. The molecule has 5 nitrogen and oxygen atoms in total. The molecule has 0 bridgehead atoms. The molecule has 0 amide bonds. The van der Waals surface area contributed by atoms with E-state index in [1.807, 2.05) is 31.7 Å². The van der Waals surface area contributed by atoms with Crippen LogP contribution in [-0.4, -0.2) is 9.97 Å². The second kappa shape index (κ2) is 3.05. The molecule has 0 saturated heterocycles. The number of aryl methyl sites for hydroxylation is 3. The van der Waals surface area contributed by atoms with Gasteiger partial charge < -0.3 is 5.73 Å². The molecule has 0 aliphatic heterocycles. The number of aromatic amines is 1. The molecule has 0 atom stereocenters. The molecule has 0 unspecified atom stereocenters. The highest BCUT2D eigenvalue weighted by atomic mass is 16.1. The average Bonchev–Trinajstić information content (AvgIpc) is 2.13. The lowest BCUT2D eigenvalue weighted by atomic mass is 10.1. The van der Waals surface area contributed by atoms with Crippen LogP contribution in [0.2, 0.25) is 0 Å². The van der Waals surface area contributed by atoms with Gasteiger partial charge in [0.25, 0.3) is 5.56 Å². The number of aromatic nitrogens is 3. The zero-order valence-corrected chi connectivity index (χ0v) is 8.96. The summed E-state index contributed by atoms with van der Waals surface area (Å²) >= 11 is 0. The predicted octanol–water partition coefficient (Wildman–Crippen LogP) is -0.0534. The van der Waals surface area contributed by atoms with Crippen molar-refractivity contribution in [2.24, 2.45) is 7.05 Å². The molecule has 2 aromatic heterocycles. The van der Waals surface area contributed by atoms with E-state index in [0.29, 0.717) is 11.0 Å². The van der Waals surface area contributed by atoms with Crippen molar-refractivity contribution in [3.8, 4) is 0 Å². The Labute approximate surface area is 86.6 Å². The van der Waals surface area contributed by atoms with Crippen LogP contribution in [0.3, 0.4) is 0 Å². The number of H-pyrrole nitrogens is 1. The lowest BCUT2D eigenvalue weighted by Gasteiger charge is -2.02. The number of pyridine rings is 1. The van der Waals surface area contributed by atoms with Gasteiger partial charge in [0.05, 0.1) is 13.2 Å². The van der Waals surface area contributed by atoms with Crippen molar-refractivity contribution in [3.05, 3.63) is 27.7 Å². The van der Waals surface area contributed by atoms with E-state index in [9.17, 15) is 4.79 Å². The van der Waals surface area contributed by atoms with Gasteiger partial charge in [-0.1, -0.05) is 0 Å². The van der Waals surface area contributed by atoms with Gasteiger partial charge in [-0.2, -0.15) is 0 Å².